The molecule has 1 heterocycles. The molecule has 3 aromatic carbocycles. The van der Waals surface area contributed by atoms with Crippen LogP contribution in [0.15, 0.2) is 83.9 Å². The van der Waals surface area contributed by atoms with Crippen molar-refractivity contribution in [2.75, 3.05) is 16.7 Å². The zero-order valence-electron chi connectivity index (χ0n) is 15.5. The molecule has 2 N–H and O–H groups in total. The molecule has 0 unspecified atom stereocenters. The number of carbonyl (C=O) groups is 1. The van der Waals surface area contributed by atoms with Gasteiger partial charge in [-0.2, -0.15) is 5.10 Å². The van der Waals surface area contributed by atoms with Crippen LogP contribution in [0.3, 0.4) is 0 Å². The highest BCUT2D eigenvalue weighted by atomic mass is 32.2. The van der Waals surface area contributed by atoms with Crippen LogP contribution in [0, 0.1) is 0 Å². The smallest absolute Gasteiger partial charge is 0.264 e. The van der Waals surface area contributed by atoms with Crippen LogP contribution < -0.4 is 9.62 Å². The van der Waals surface area contributed by atoms with Gasteiger partial charge < -0.3 is 5.32 Å². The summed E-state index contributed by atoms with van der Waals surface area (Å²) >= 11 is 0. The molecule has 4 aromatic rings. The number of anilines is 2. The number of aromatic amines is 1. The van der Waals surface area contributed by atoms with Gasteiger partial charge in [0.1, 0.15) is 0 Å². The lowest BCUT2D eigenvalue weighted by atomic mass is 10.2. The Labute approximate surface area is 168 Å². The second-order valence-electron chi connectivity index (χ2n) is 6.46. The van der Waals surface area contributed by atoms with E-state index in [-0.39, 0.29) is 10.5 Å². The van der Waals surface area contributed by atoms with Gasteiger partial charge >= 0.3 is 0 Å². The molecule has 4 rings (SSSR count). The molecule has 0 saturated heterocycles. The minimum absolute atomic E-state index is 0.0422. The van der Waals surface area contributed by atoms with Crippen LogP contribution in [-0.2, 0) is 10.0 Å². The zero-order chi connectivity index (χ0) is 20.4. The van der Waals surface area contributed by atoms with E-state index in [2.05, 4.69) is 15.5 Å². The summed E-state index contributed by atoms with van der Waals surface area (Å²) in [5.41, 5.74) is 2.16. The predicted octanol–water partition coefficient (Wildman–Crippen LogP) is 3.64. The highest BCUT2D eigenvalue weighted by molar-refractivity contribution is 7.92. The first-order valence-corrected chi connectivity index (χ1v) is 10.3. The molecule has 7 nitrogen and oxygen atoms in total. The second kappa shape index (κ2) is 7.40. The van der Waals surface area contributed by atoms with E-state index in [0.717, 1.165) is 10.9 Å². The maximum absolute atomic E-state index is 13.0. The number of benzene rings is 3. The first kappa shape index (κ1) is 18.7. The standard InChI is InChI=1S/C21H18N4O3S/c1-25(18-7-3-2-4-8-18)29(27,28)19-9-5-6-15(12-19)21(26)23-17-11-10-16-14-22-24-20(16)13-17/h2-14H,1H3,(H,22,24)(H,23,26). The zero-order valence-corrected chi connectivity index (χ0v) is 16.3. The van der Waals surface area contributed by atoms with Gasteiger partial charge in [0.05, 0.1) is 22.3 Å². The molecule has 29 heavy (non-hydrogen) atoms. The fourth-order valence-corrected chi connectivity index (χ4v) is 4.19. The molecule has 0 atom stereocenters. The van der Waals surface area contributed by atoms with Gasteiger partial charge in [0.25, 0.3) is 15.9 Å². The third kappa shape index (κ3) is 3.70. The van der Waals surface area contributed by atoms with Crippen molar-refractivity contribution in [2.24, 2.45) is 0 Å². The summed E-state index contributed by atoms with van der Waals surface area (Å²) in [5.74, 6) is -0.400. The summed E-state index contributed by atoms with van der Waals surface area (Å²) in [5, 5.41) is 10.5. The lowest BCUT2D eigenvalue weighted by Gasteiger charge is -2.19. The van der Waals surface area contributed by atoms with E-state index in [1.54, 1.807) is 54.7 Å². The number of hydrogen-bond acceptors (Lipinski definition) is 4. The first-order valence-electron chi connectivity index (χ1n) is 8.84. The van der Waals surface area contributed by atoms with Gasteiger partial charge in [-0.05, 0) is 48.5 Å². The minimum Gasteiger partial charge on any atom is -0.322 e. The van der Waals surface area contributed by atoms with Crippen LogP contribution in [0.25, 0.3) is 10.9 Å². The number of H-pyrrole nitrogens is 1. The number of rotatable bonds is 5. The van der Waals surface area contributed by atoms with Crippen LogP contribution in [0.1, 0.15) is 10.4 Å². The van der Waals surface area contributed by atoms with Gasteiger partial charge in [0.15, 0.2) is 0 Å². The van der Waals surface area contributed by atoms with Crippen molar-refractivity contribution < 1.29 is 13.2 Å². The fourth-order valence-electron chi connectivity index (χ4n) is 2.95. The first-order chi connectivity index (χ1) is 13.9. The van der Waals surface area contributed by atoms with Crippen LogP contribution in [-0.4, -0.2) is 31.6 Å². The summed E-state index contributed by atoms with van der Waals surface area (Å²) in [4.78, 5) is 12.7. The Bertz CT molecular complexity index is 1280. The van der Waals surface area contributed by atoms with Crippen LogP contribution in [0.4, 0.5) is 11.4 Å². The van der Waals surface area contributed by atoms with E-state index in [4.69, 9.17) is 0 Å². The molecular weight excluding hydrogens is 388 g/mol. The van der Waals surface area contributed by atoms with Crippen LogP contribution in [0.5, 0.6) is 0 Å². The van der Waals surface area contributed by atoms with Gasteiger partial charge in [-0.25, -0.2) is 8.42 Å². The fraction of sp³-hybridized carbons (Fsp3) is 0.0476. The highest BCUT2D eigenvalue weighted by Gasteiger charge is 2.22. The third-order valence-corrected chi connectivity index (χ3v) is 6.36. The van der Waals surface area contributed by atoms with Crippen molar-refractivity contribution >= 4 is 38.2 Å². The molecule has 0 fully saturated rings. The maximum atomic E-state index is 13.0. The molecule has 146 valence electrons. The van der Waals surface area contributed by atoms with Gasteiger partial charge in [-0.3, -0.25) is 14.2 Å². The Morgan fingerprint density at radius 2 is 1.79 bits per heavy atom. The number of hydrogen-bond donors (Lipinski definition) is 2. The lowest BCUT2D eigenvalue weighted by molar-refractivity contribution is 0.102. The Kier molecular flexibility index (Phi) is 4.77. The number of sulfonamides is 1. The second-order valence-corrected chi connectivity index (χ2v) is 8.43. The molecule has 0 spiro atoms. The minimum atomic E-state index is -3.80. The van der Waals surface area contributed by atoms with Crippen molar-refractivity contribution in [3.05, 3.63) is 84.6 Å². The number of carbonyl (C=O) groups excluding carboxylic acids is 1. The van der Waals surface area contributed by atoms with Crippen molar-refractivity contribution in [3.63, 3.8) is 0 Å². The summed E-state index contributed by atoms with van der Waals surface area (Å²) < 4.78 is 27.1. The molecule has 1 amide bonds. The number of fused-ring (bicyclic) bond motifs is 1. The van der Waals surface area contributed by atoms with Crippen molar-refractivity contribution in [1.29, 1.82) is 0 Å². The van der Waals surface area contributed by atoms with Crippen LogP contribution >= 0.6 is 0 Å². The summed E-state index contributed by atoms with van der Waals surface area (Å²) in [6.07, 6.45) is 1.69. The lowest BCUT2D eigenvalue weighted by Crippen LogP contribution is -2.26. The molecule has 8 heteroatoms. The molecule has 0 bridgehead atoms. The van der Waals surface area contributed by atoms with E-state index < -0.39 is 15.9 Å². The predicted molar refractivity (Wildman–Crippen MR) is 113 cm³/mol. The number of para-hydroxylation sites is 1. The van der Waals surface area contributed by atoms with E-state index in [1.165, 1.54) is 23.5 Å². The Morgan fingerprint density at radius 3 is 2.59 bits per heavy atom. The Morgan fingerprint density at radius 1 is 1.00 bits per heavy atom. The van der Waals surface area contributed by atoms with E-state index in [1.807, 2.05) is 12.1 Å². The summed E-state index contributed by atoms with van der Waals surface area (Å²) in [7, 11) is -2.32. The number of nitrogens with zero attached hydrogens (tertiary/aromatic N) is 2. The van der Waals surface area contributed by atoms with Gasteiger partial charge in [-0.15, -0.1) is 0 Å². The van der Waals surface area contributed by atoms with Gasteiger partial charge in [0.2, 0.25) is 0 Å². The Hall–Kier alpha value is -3.65. The molecule has 0 aliphatic heterocycles. The summed E-state index contributed by atoms with van der Waals surface area (Å²) in [6.45, 7) is 0. The number of amides is 1. The van der Waals surface area contributed by atoms with Gasteiger partial charge in [0, 0.05) is 23.7 Å². The van der Waals surface area contributed by atoms with Gasteiger partial charge in [-0.1, -0.05) is 24.3 Å². The van der Waals surface area contributed by atoms with E-state index in [9.17, 15) is 13.2 Å². The van der Waals surface area contributed by atoms with Crippen LogP contribution in [0.2, 0.25) is 0 Å². The SMILES string of the molecule is CN(c1ccccc1)S(=O)(=O)c1cccc(C(=O)Nc2ccc3cn[nH]c3c2)c1. The third-order valence-electron chi connectivity index (χ3n) is 4.57. The van der Waals surface area contributed by atoms with E-state index >= 15 is 0 Å². The number of nitrogens with one attached hydrogen (secondary N) is 2. The molecule has 0 aliphatic rings. The van der Waals surface area contributed by atoms with Crippen molar-refractivity contribution in [2.45, 2.75) is 4.90 Å². The molecule has 0 radical (unpaired) electrons. The van der Waals surface area contributed by atoms with E-state index in [0.29, 0.717) is 11.4 Å². The maximum Gasteiger partial charge on any atom is 0.264 e. The number of aromatic nitrogens is 2. The topological polar surface area (TPSA) is 95.2 Å². The Balaban J connectivity index is 1.59. The van der Waals surface area contributed by atoms with Crippen molar-refractivity contribution in [3.8, 4) is 0 Å². The highest BCUT2D eigenvalue weighted by Crippen LogP contribution is 2.23. The monoisotopic (exact) mass is 406 g/mol. The largest absolute Gasteiger partial charge is 0.322 e. The average molecular weight is 406 g/mol. The summed E-state index contributed by atoms with van der Waals surface area (Å²) in [6, 6.07) is 20.1. The molecule has 0 aliphatic carbocycles. The average Bonchev–Trinajstić information content (AvgIpc) is 3.22. The molecule has 1 aromatic heterocycles. The quantitative estimate of drug-likeness (QED) is 0.529. The molecule has 0 saturated carbocycles. The molecular formula is C21H18N4O3S. The van der Waals surface area contributed by atoms with Crippen molar-refractivity contribution in [1.82, 2.24) is 10.2 Å². The normalized spacial score (nSPS) is 11.3.